The van der Waals surface area contributed by atoms with Crippen molar-refractivity contribution in [1.82, 2.24) is 4.90 Å². The van der Waals surface area contributed by atoms with E-state index < -0.39 is 0 Å². The first-order chi connectivity index (χ1) is 6.19. The fourth-order valence-electron chi connectivity index (χ4n) is 1.74. The van der Waals surface area contributed by atoms with Gasteiger partial charge in [-0.2, -0.15) is 0 Å². The van der Waals surface area contributed by atoms with E-state index in [0.29, 0.717) is 25.3 Å². The molecule has 0 saturated carbocycles. The molecule has 2 unspecified atom stereocenters. The van der Waals surface area contributed by atoms with Gasteiger partial charge in [0.05, 0.1) is 0 Å². The second-order valence-electron chi connectivity index (χ2n) is 3.71. The molecule has 4 heteroatoms. The van der Waals surface area contributed by atoms with Crippen LogP contribution in [0.25, 0.3) is 0 Å². The summed E-state index contributed by atoms with van der Waals surface area (Å²) in [5.41, 5.74) is 5.50. The molecule has 13 heavy (non-hydrogen) atoms. The molecule has 0 radical (unpaired) electrons. The number of rotatable bonds is 4. The second-order valence-corrected chi connectivity index (χ2v) is 3.71. The lowest BCUT2D eigenvalue weighted by atomic mass is 10.1. The van der Waals surface area contributed by atoms with Crippen molar-refractivity contribution in [2.24, 2.45) is 11.7 Å². The number of carbonyl (C=O) groups excluding carboxylic acids is 1. The molecule has 1 heterocycles. The van der Waals surface area contributed by atoms with Gasteiger partial charge in [0.15, 0.2) is 0 Å². The van der Waals surface area contributed by atoms with Gasteiger partial charge in [-0.1, -0.05) is 0 Å². The molecule has 1 rings (SSSR count). The minimum Gasteiger partial charge on any atom is -0.396 e. The Labute approximate surface area is 78.7 Å². The second kappa shape index (κ2) is 4.58. The molecule has 0 aromatic heterocycles. The third-order valence-corrected chi connectivity index (χ3v) is 2.65. The van der Waals surface area contributed by atoms with E-state index in [1.807, 2.05) is 11.8 Å². The Morgan fingerprint density at radius 1 is 1.77 bits per heavy atom. The highest BCUT2D eigenvalue weighted by atomic mass is 16.3. The zero-order valence-corrected chi connectivity index (χ0v) is 8.07. The van der Waals surface area contributed by atoms with Gasteiger partial charge in [-0.05, 0) is 25.8 Å². The third kappa shape index (κ3) is 2.42. The fraction of sp³-hybridized carbons (Fsp3) is 0.889. The number of nitrogens with zero attached hydrogens (tertiary/aromatic N) is 1. The minimum atomic E-state index is 0.137. The van der Waals surface area contributed by atoms with E-state index in [9.17, 15) is 4.79 Å². The molecule has 1 saturated heterocycles. The van der Waals surface area contributed by atoms with E-state index in [1.165, 1.54) is 0 Å². The van der Waals surface area contributed by atoms with Crippen LogP contribution in [0.15, 0.2) is 0 Å². The average Bonchev–Trinajstić information content (AvgIpc) is 2.47. The maximum atomic E-state index is 11.4. The third-order valence-electron chi connectivity index (χ3n) is 2.65. The molecular formula is C9H18N2O2. The SMILES string of the molecule is CC(CCO)N1CC(CN)CC1=O. The molecule has 0 bridgehead atoms. The van der Waals surface area contributed by atoms with Gasteiger partial charge in [-0.15, -0.1) is 0 Å². The molecule has 0 aliphatic carbocycles. The van der Waals surface area contributed by atoms with E-state index in [1.54, 1.807) is 0 Å². The molecule has 76 valence electrons. The van der Waals surface area contributed by atoms with E-state index in [0.717, 1.165) is 6.54 Å². The van der Waals surface area contributed by atoms with E-state index >= 15 is 0 Å². The summed E-state index contributed by atoms with van der Waals surface area (Å²) < 4.78 is 0. The highest BCUT2D eigenvalue weighted by molar-refractivity contribution is 5.78. The highest BCUT2D eigenvalue weighted by Gasteiger charge is 2.31. The van der Waals surface area contributed by atoms with Crippen molar-refractivity contribution >= 4 is 5.91 Å². The van der Waals surface area contributed by atoms with Crippen molar-refractivity contribution < 1.29 is 9.90 Å². The monoisotopic (exact) mass is 186 g/mol. The number of aliphatic hydroxyl groups is 1. The number of amides is 1. The normalized spacial score (nSPS) is 25.3. The summed E-state index contributed by atoms with van der Waals surface area (Å²) in [5, 5.41) is 8.74. The summed E-state index contributed by atoms with van der Waals surface area (Å²) >= 11 is 0. The summed E-state index contributed by atoms with van der Waals surface area (Å²) in [6, 6.07) is 0.147. The first kappa shape index (κ1) is 10.5. The maximum absolute atomic E-state index is 11.4. The van der Waals surface area contributed by atoms with Gasteiger partial charge >= 0.3 is 0 Å². The molecule has 0 spiro atoms. The van der Waals surface area contributed by atoms with Crippen LogP contribution in [0, 0.1) is 5.92 Å². The molecule has 1 aliphatic rings. The van der Waals surface area contributed by atoms with Crippen LogP contribution in [0.4, 0.5) is 0 Å². The Balaban J connectivity index is 2.46. The Kier molecular flexibility index (Phi) is 3.69. The predicted octanol–water partition coefficient (Wildman–Crippen LogP) is -0.435. The van der Waals surface area contributed by atoms with Gasteiger partial charge in [-0.25, -0.2) is 0 Å². The molecule has 2 atom stereocenters. The Bertz CT molecular complexity index is 184. The number of aliphatic hydroxyl groups excluding tert-OH is 1. The van der Waals surface area contributed by atoms with Gasteiger partial charge in [-0.3, -0.25) is 4.79 Å². The van der Waals surface area contributed by atoms with Crippen molar-refractivity contribution in [2.45, 2.75) is 25.8 Å². The average molecular weight is 186 g/mol. The van der Waals surface area contributed by atoms with E-state index in [-0.39, 0.29) is 18.6 Å². The van der Waals surface area contributed by atoms with Crippen LogP contribution in [0.2, 0.25) is 0 Å². The molecule has 4 nitrogen and oxygen atoms in total. The molecule has 1 amide bonds. The molecule has 3 N–H and O–H groups in total. The van der Waals surface area contributed by atoms with Crippen molar-refractivity contribution in [1.29, 1.82) is 0 Å². The largest absolute Gasteiger partial charge is 0.396 e. The zero-order valence-electron chi connectivity index (χ0n) is 8.07. The Morgan fingerprint density at radius 3 is 2.92 bits per heavy atom. The Morgan fingerprint density at radius 2 is 2.46 bits per heavy atom. The fourth-order valence-corrected chi connectivity index (χ4v) is 1.74. The first-order valence-electron chi connectivity index (χ1n) is 4.79. The quantitative estimate of drug-likeness (QED) is 0.625. The number of nitrogens with two attached hydrogens (primary N) is 1. The molecule has 1 aliphatic heterocycles. The van der Waals surface area contributed by atoms with Crippen molar-refractivity contribution in [3.63, 3.8) is 0 Å². The summed E-state index contributed by atoms with van der Waals surface area (Å²) in [5.74, 6) is 0.491. The maximum Gasteiger partial charge on any atom is 0.223 e. The number of hydrogen-bond acceptors (Lipinski definition) is 3. The summed E-state index contributed by atoms with van der Waals surface area (Å²) in [6.07, 6.45) is 1.23. The Hall–Kier alpha value is -0.610. The standard InChI is InChI=1S/C9H18N2O2/c1-7(2-3-12)11-6-8(5-10)4-9(11)13/h7-8,12H,2-6,10H2,1H3. The summed E-state index contributed by atoms with van der Waals surface area (Å²) in [7, 11) is 0. The first-order valence-corrected chi connectivity index (χ1v) is 4.79. The van der Waals surface area contributed by atoms with Gasteiger partial charge in [0.25, 0.3) is 0 Å². The molecule has 1 fully saturated rings. The molecule has 0 aromatic carbocycles. The topological polar surface area (TPSA) is 66.6 Å². The lowest BCUT2D eigenvalue weighted by Gasteiger charge is -2.23. The predicted molar refractivity (Wildman–Crippen MR) is 50.0 cm³/mol. The van der Waals surface area contributed by atoms with Gasteiger partial charge in [0.1, 0.15) is 0 Å². The highest BCUT2D eigenvalue weighted by Crippen LogP contribution is 2.20. The van der Waals surface area contributed by atoms with Gasteiger partial charge in [0.2, 0.25) is 5.91 Å². The summed E-state index contributed by atoms with van der Waals surface area (Å²) in [6.45, 7) is 3.44. The zero-order chi connectivity index (χ0) is 9.84. The van der Waals surface area contributed by atoms with Gasteiger partial charge in [0, 0.05) is 25.6 Å². The van der Waals surface area contributed by atoms with E-state index in [4.69, 9.17) is 10.8 Å². The van der Waals surface area contributed by atoms with Crippen molar-refractivity contribution in [3.05, 3.63) is 0 Å². The van der Waals surface area contributed by atoms with Crippen LogP contribution in [-0.4, -0.2) is 41.7 Å². The van der Waals surface area contributed by atoms with Crippen LogP contribution in [0.5, 0.6) is 0 Å². The van der Waals surface area contributed by atoms with Crippen LogP contribution in [0.3, 0.4) is 0 Å². The number of carbonyl (C=O) groups is 1. The number of hydrogen-bond donors (Lipinski definition) is 2. The lowest BCUT2D eigenvalue weighted by Crippen LogP contribution is -2.35. The smallest absolute Gasteiger partial charge is 0.223 e. The van der Waals surface area contributed by atoms with Crippen LogP contribution in [0.1, 0.15) is 19.8 Å². The minimum absolute atomic E-state index is 0.137. The summed E-state index contributed by atoms with van der Waals surface area (Å²) in [4.78, 5) is 13.3. The molecule has 0 aromatic rings. The van der Waals surface area contributed by atoms with Crippen LogP contribution < -0.4 is 5.73 Å². The van der Waals surface area contributed by atoms with Gasteiger partial charge < -0.3 is 15.7 Å². The van der Waals surface area contributed by atoms with E-state index in [2.05, 4.69) is 0 Å². The lowest BCUT2D eigenvalue weighted by molar-refractivity contribution is -0.129. The molecular weight excluding hydrogens is 168 g/mol. The van der Waals surface area contributed by atoms with Crippen LogP contribution >= 0.6 is 0 Å². The van der Waals surface area contributed by atoms with Crippen molar-refractivity contribution in [3.8, 4) is 0 Å². The van der Waals surface area contributed by atoms with Crippen LogP contribution in [-0.2, 0) is 4.79 Å². The number of likely N-dealkylation sites (tertiary alicyclic amines) is 1. The van der Waals surface area contributed by atoms with Crippen molar-refractivity contribution in [2.75, 3.05) is 19.7 Å².